The van der Waals surface area contributed by atoms with Gasteiger partial charge in [0, 0.05) is 24.5 Å². The van der Waals surface area contributed by atoms with Crippen molar-refractivity contribution in [2.75, 3.05) is 11.4 Å². The lowest BCUT2D eigenvalue weighted by molar-refractivity contribution is -0.123. The van der Waals surface area contributed by atoms with Crippen LogP contribution in [0.3, 0.4) is 0 Å². The number of nitrogens with one attached hydrogen (secondary N) is 1. The molecule has 3 N–H and O–H groups in total. The second-order valence-electron chi connectivity index (χ2n) is 6.23. The maximum absolute atomic E-state index is 11.9. The molecule has 128 valence electrons. The summed E-state index contributed by atoms with van der Waals surface area (Å²) in [5, 5.41) is 2.90. The van der Waals surface area contributed by atoms with Gasteiger partial charge in [0.15, 0.2) is 0 Å². The molecule has 2 aromatic rings. The van der Waals surface area contributed by atoms with Crippen LogP contribution in [0.25, 0.3) is 0 Å². The first-order valence-electron chi connectivity index (χ1n) is 8.47. The molecule has 2 aromatic carbocycles. The average Bonchev–Trinajstić information content (AvgIpc) is 2.61. The predicted molar refractivity (Wildman–Crippen MR) is 100 cm³/mol. The zero-order chi connectivity index (χ0) is 17.5. The van der Waals surface area contributed by atoms with Crippen molar-refractivity contribution in [3.05, 3.63) is 60.2 Å². The third kappa shape index (κ3) is 4.59. The highest BCUT2D eigenvalue weighted by Crippen LogP contribution is 2.24. The van der Waals surface area contributed by atoms with E-state index in [4.69, 9.17) is 5.73 Å². The molecule has 4 heteroatoms. The number of anilines is 2. The van der Waals surface area contributed by atoms with Gasteiger partial charge in [0.2, 0.25) is 5.91 Å². The molecule has 0 heterocycles. The van der Waals surface area contributed by atoms with Crippen molar-refractivity contribution in [1.82, 2.24) is 5.32 Å². The molecule has 0 saturated heterocycles. The lowest BCUT2D eigenvalue weighted by Crippen LogP contribution is -2.43. The average molecular weight is 325 g/mol. The van der Waals surface area contributed by atoms with Gasteiger partial charge in [0.1, 0.15) is 0 Å². The second-order valence-corrected chi connectivity index (χ2v) is 6.23. The third-order valence-corrected chi connectivity index (χ3v) is 4.12. The molecule has 0 saturated carbocycles. The Morgan fingerprint density at radius 1 is 1.04 bits per heavy atom. The number of benzene rings is 2. The topological polar surface area (TPSA) is 58.4 Å². The summed E-state index contributed by atoms with van der Waals surface area (Å²) in [6.45, 7) is 7.42. The van der Waals surface area contributed by atoms with Gasteiger partial charge in [-0.15, -0.1) is 0 Å². The summed E-state index contributed by atoms with van der Waals surface area (Å²) in [5.74, 6) is 0.0323. The Hall–Kier alpha value is -2.33. The quantitative estimate of drug-likeness (QED) is 0.820. The van der Waals surface area contributed by atoms with Crippen LogP contribution < -0.4 is 16.0 Å². The molecule has 2 rings (SSSR count). The van der Waals surface area contributed by atoms with Crippen LogP contribution in [0.5, 0.6) is 0 Å². The van der Waals surface area contributed by atoms with Crippen LogP contribution in [0.15, 0.2) is 54.6 Å². The van der Waals surface area contributed by atoms with Crippen LogP contribution in [-0.4, -0.2) is 18.5 Å². The fourth-order valence-corrected chi connectivity index (χ4v) is 2.53. The number of hydrogen-bond donors (Lipinski definition) is 2. The van der Waals surface area contributed by atoms with Crippen LogP contribution >= 0.6 is 0 Å². The lowest BCUT2D eigenvalue weighted by atomic mass is 10.0. The Labute approximate surface area is 144 Å². The van der Waals surface area contributed by atoms with Crippen molar-refractivity contribution in [2.45, 2.75) is 33.4 Å². The van der Waals surface area contributed by atoms with Crippen molar-refractivity contribution < 1.29 is 4.79 Å². The van der Waals surface area contributed by atoms with E-state index in [-0.39, 0.29) is 11.8 Å². The molecule has 1 amide bonds. The maximum atomic E-state index is 11.9. The minimum atomic E-state index is -0.460. The Kier molecular flexibility index (Phi) is 6.38. The molecule has 0 aliphatic carbocycles. The summed E-state index contributed by atoms with van der Waals surface area (Å²) < 4.78 is 0. The first kappa shape index (κ1) is 18.0. The molecule has 0 aliphatic rings. The predicted octanol–water partition coefficient (Wildman–Crippen LogP) is 3.44. The van der Waals surface area contributed by atoms with Crippen molar-refractivity contribution in [3.8, 4) is 0 Å². The highest BCUT2D eigenvalue weighted by molar-refractivity contribution is 5.81. The standard InChI is InChI=1S/C20H27N3O/c1-4-23(17-8-6-5-7-9-17)18-12-10-16(11-13-18)14-22-20(24)19(21)15(2)3/h5-13,15,19H,4,14,21H2,1-3H3,(H,22,24)/t19-/m0/s1. The number of para-hydroxylation sites is 1. The zero-order valence-electron chi connectivity index (χ0n) is 14.7. The van der Waals surface area contributed by atoms with Gasteiger partial charge in [-0.25, -0.2) is 0 Å². The van der Waals surface area contributed by atoms with Crippen LogP contribution in [0.2, 0.25) is 0 Å². The summed E-state index contributed by atoms with van der Waals surface area (Å²) in [6.07, 6.45) is 0. The van der Waals surface area contributed by atoms with Crippen molar-refractivity contribution in [2.24, 2.45) is 11.7 Å². The van der Waals surface area contributed by atoms with Gasteiger partial charge in [-0.2, -0.15) is 0 Å². The summed E-state index contributed by atoms with van der Waals surface area (Å²) >= 11 is 0. The number of nitrogens with two attached hydrogens (primary N) is 1. The van der Waals surface area contributed by atoms with Gasteiger partial charge in [-0.3, -0.25) is 4.79 Å². The Morgan fingerprint density at radius 2 is 1.62 bits per heavy atom. The van der Waals surface area contributed by atoms with Crippen LogP contribution in [0.4, 0.5) is 11.4 Å². The Balaban J connectivity index is 2.01. The smallest absolute Gasteiger partial charge is 0.237 e. The fourth-order valence-electron chi connectivity index (χ4n) is 2.53. The SMILES string of the molecule is CCN(c1ccccc1)c1ccc(CNC(=O)[C@@H](N)C(C)C)cc1. The van der Waals surface area contributed by atoms with Gasteiger partial charge in [-0.05, 0) is 42.7 Å². The number of rotatable bonds is 7. The molecule has 0 aliphatic heterocycles. The highest BCUT2D eigenvalue weighted by Gasteiger charge is 2.16. The molecule has 0 fully saturated rings. The van der Waals surface area contributed by atoms with E-state index in [9.17, 15) is 4.79 Å². The molecule has 0 aromatic heterocycles. The summed E-state index contributed by atoms with van der Waals surface area (Å²) in [6, 6.07) is 18.1. The third-order valence-electron chi connectivity index (χ3n) is 4.12. The fraction of sp³-hybridized carbons (Fsp3) is 0.350. The monoisotopic (exact) mass is 325 g/mol. The number of nitrogens with zero attached hydrogens (tertiary/aromatic N) is 1. The summed E-state index contributed by atoms with van der Waals surface area (Å²) in [4.78, 5) is 14.2. The summed E-state index contributed by atoms with van der Waals surface area (Å²) in [5.41, 5.74) is 9.22. The first-order valence-corrected chi connectivity index (χ1v) is 8.47. The van der Waals surface area contributed by atoms with Gasteiger partial charge in [-0.1, -0.05) is 44.2 Å². The van der Waals surface area contributed by atoms with E-state index >= 15 is 0 Å². The molecule has 0 spiro atoms. The lowest BCUT2D eigenvalue weighted by Gasteiger charge is -2.23. The van der Waals surface area contributed by atoms with Crippen LogP contribution in [0.1, 0.15) is 26.3 Å². The van der Waals surface area contributed by atoms with Gasteiger partial charge in [0.25, 0.3) is 0 Å². The molecule has 24 heavy (non-hydrogen) atoms. The van der Waals surface area contributed by atoms with Crippen LogP contribution in [-0.2, 0) is 11.3 Å². The van der Waals surface area contributed by atoms with Gasteiger partial charge in [0.05, 0.1) is 6.04 Å². The molecular formula is C20H27N3O. The molecular weight excluding hydrogens is 298 g/mol. The van der Waals surface area contributed by atoms with Crippen molar-refractivity contribution >= 4 is 17.3 Å². The van der Waals surface area contributed by atoms with E-state index in [0.29, 0.717) is 6.54 Å². The molecule has 0 radical (unpaired) electrons. The van der Waals surface area contributed by atoms with Gasteiger partial charge >= 0.3 is 0 Å². The number of carbonyl (C=O) groups excluding carboxylic acids is 1. The normalized spacial score (nSPS) is 12.0. The minimum absolute atomic E-state index is 0.103. The van der Waals surface area contributed by atoms with E-state index in [2.05, 4.69) is 41.4 Å². The number of carbonyl (C=O) groups is 1. The molecule has 4 nitrogen and oxygen atoms in total. The summed E-state index contributed by atoms with van der Waals surface area (Å²) in [7, 11) is 0. The molecule has 0 unspecified atom stereocenters. The second kappa shape index (κ2) is 8.50. The zero-order valence-corrected chi connectivity index (χ0v) is 14.7. The van der Waals surface area contributed by atoms with E-state index < -0.39 is 6.04 Å². The van der Waals surface area contributed by atoms with Crippen LogP contribution in [0, 0.1) is 5.92 Å². The van der Waals surface area contributed by atoms with Crippen molar-refractivity contribution in [3.63, 3.8) is 0 Å². The molecule has 1 atom stereocenters. The van der Waals surface area contributed by atoms with E-state index in [1.807, 2.05) is 44.2 Å². The van der Waals surface area contributed by atoms with E-state index in [1.165, 1.54) is 5.69 Å². The minimum Gasteiger partial charge on any atom is -0.351 e. The number of amides is 1. The van der Waals surface area contributed by atoms with E-state index in [0.717, 1.165) is 17.8 Å². The van der Waals surface area contributed by atoms with Gasteiger partial charge < -0.3 is 16.0 Å². The number of hydrogen-bond acceptors (Lipinski definition) is 3. The Morgan fingerprint density at radius 3 is 2.17 bits per heavy atom. The van der Waals surface area contributed by atoms with E-state index in [1.54, 1.807) is 0 Å². The highest BCUT2D eigenvalue weighted by atomic mass is 16.2. The largest absolute Gasteiger partial charge is 0.351 e. The maximum Gasteiger partial charge on any atom is 0.237 e. The Bertz CT molecular complexity index is 638. The first-order chi connectivity index (χ1) is 11.5. The molecule has 0 bridgehead atoms. The van der Waals surface area contributed by atoms with Crippen molar-refractivity contribution in [1.29, 1.82) is 0 Å².